The molecule has 1 heterocycles. The van der Waals surface area contributed by atoms with E-state index in [1.807, 2.05) is 26.0 Å². The highest BCUT2D eigenvalue weighted by molar-refractivity contribution is 7.89. The van der Waals surface area contributed by atoms with E-state index in [9.17, 15) is 13.2 Å². The summed E-state index contributed by atoms with van der Waals surface area (Å²) in [5.74, 6) is -0.263. The molecule has 1 aromatic heterocycles. The van der Waals surface area contributed by atoms with Gasteiger partial charge in [-0.05, 0) is 43.2 Å². The van der Waals surface area contributed by atoms with Gasteiger partial charge in [0.25, 0.3) is 5.91 Å². The molecule has 7 nitrogen and oxygen atoms in total. The number of carbonyl (C=O) groups excluding carboxylic acids is 1. The lowest BCUT2D eigenvalue weighted by molar-refractivity contribution is 0.0785. The number of rotatable bonds is 6. The van der Waals surface area contributed by atoms with Crippen molar-refractivity contribution in [2.24, 2.45) is 0 Å². The monoisotopic (exact) mass is 413 g/mol. The van der Waals surface area contributed by atoms with Crippen LogP contribution in [0.3, 0.4) is 0 Å². The van der Waals surface area contributed by atoms with Gasteiger partial charge in [-0.3, -0.25) is 4.79 Å². The minimum atomic E-state index is -3.27. The molecule has 1 amide bonds. The fourth-order valence-corrected chi connectivity index (χ4v) is 3.57. The third-order valence-electron chi connectivity index (χ3n) is 4.46. The molecular weight excluding hydrogens is 390 g/mol. The second-order valence-corrected chi connectivity index (χ2v) is 9.38. The van der Waals surface area contributed by atoms with Gasteiger partial charge >= 0.3 is 0 Å². The van der Waals surface area contributed by atoms with Crippen LogP contribution in [0.5, 0.6) is 0 Å². The molecule has 0 saturated heterocycles. The molecule has 0 N–H and O–H groups in total. The number of hydrogen-bond donors (Lipinski definition) is 0. The largest absolute Gasteiger partial charge is 0.420 e. The summed E-state index contributed by atoms with van der Waals surface area (Å²) in [6, 6.07) is 13.0. The lowest BCUT2D eigenvalue weighted by Crippen LogP contribution is -2.26. The van der Waals surface area contributed by atoms with Gasteiger partial charge in [-0.15, -0.1) is 10.2 Å². The minimum Gasteiger partial charge on any atom is -0.420 e. The van der Waals surface area contributed by atoms with E-state index in [0.29, 0.717) is 17.7 Å². The molecule has 3 aromatic rings. The van der Waals surface area contributed by atoms with Crippen LogP contribution < -0.4 is 0 Å². The molecule has 0 bridgehead atoms. The Morgan fingerprint density at radius 1 is 1.10 bits per heavy atom. The second-order valence-electron chi connectivity index (χ2n) is 7.24. The Kier molecular flexibility index (Phi) is 5.83. The maximum Gasteiger partial charge on any atom is 0.253 e. The van der Waals surface area contributed by atoms with E-state index in [0.717, 1.165) is 17.4 Å². The van der Waals surface area contributed by atoms with E-state index in [-0.39, 0.29) is 23.4 Å². The number of aromatic nitrogens is 2. The summed E-state index contributed by atoms with van der Waals surface area (Å²) in [6.07, 6.45) is 1.10. The highest BCUT2D eigenvalue weighted by Gasteiger charge is 2.17. The van der Waals surface area contributed by atoms with E-state index in [2.05, 4.69) is 16.3 Å². The number of carbonyl (C=O) groups is 1. The van der Waals surface area contributed by atoms with Crippen LogP contribution in [0, 0.1) is 13.8 Å². The topological polar surface area (TPSA) is 93.4 Å². The predicted octanol–water partition coefficient (Wildman–Crippen LogP) is 3.17. The van der Waals surface area contributed by atoms with Crippen molar-refractivity contribution in [3.8, 4) is 11.5 Å². The number of sulfone groups is 1. The van der Waals surface area contributed by atoms with Crippen LogP contribution in [0.1, 0.15) is 32.9 Å². The molecule has 0 aliphatic carbocycles. The van der Waals surface area contributed by atoms with Gasteiger partial charge in [0.1, 0.15) is 5.75 Å². The quantitative estimate of drug-likeness (QED) is 0.616. The molecule has 0 aliphatic heterocycles. The Balaban J connectivity index is 1.78. The number of aryl methyl sites for hydroxylation is 2. The van der Waals surface area contributed by atoms with Crippen molar-refractivity contribution in [2.45, 2.75) is 26.1 Å². The molecule has 29 heavy (non-hydrogen) atoms. The second kappa shape index (κ2) is 8.16. The zero-order valence-electron chi connectivity index (χ0n) is 16.8. The van der Waals surface area contributed by atoms with Crippen molar-refractivity contribution >= 4 is 15.7 Å². The van der Waals surface area contributed by atoms with Gasteiger partial charge in [-0.2, -0.15) is 0 Å². The van der Waals surface area contributed by atoms with Crippen molar-refractivity contribution in [2.75, 3.05) is 13.3 Å². The molecule has 0 atom stereocenters. The molecule has 0 aliphatic rings. The first kappa shape index (κ1) is 20.7. The molecule has 0 saturated carbocycles. The Labute approximate surface area is 170 Å². The number of amides is 1. The summed E-state index contributed by atoms with van der Waals surface area (Å²) >= 11 is 0. The molecule has 0 radical (unpaired) electrons. The smallest absolute Gasteiger partial charge is 0.253 e. The molecule has 0 spiro atoms. The van der Waals surface area contributed by atoms with Crippen LogP contribution >= 0.6 is 0 Å². The van der Waals surface area contributed by atoms with E-state index in [1.54, 1.807) is 36.2 Å². The van der Waals surface area contributed by atoms with Crippen LogP contribution in [0.4, 0.5) is 0 Å². The molecular formula is C21H23N3O4S. The van der Waals surface area contributed by atoms with E-state index in [4.69, 9.17) is 4.42 Å². The molecule has 8 heteroatoms. The van der Waals surface area contributed by atoms with Crippen molar-refractivity contribution in [3.63, 3.8) is 0 Å². The summed E-state index contributed by atoms with van der Waals surface area (Å²) in [4.78, 5) is 14.5. The first-order valence-electron chi connectivity index (χ1n) is 9.04. The van der Waals surface area contributed by atoms with Gasteiger partial charge in [0, 0.05) is 31.0 Å². The SMILES string of the molecule is Cc1ccc(CN(C)C(=O)c2cccc(-c3nnc(CS(C)(=O)=O)o3)c2)c(C)c1. The number of benzene rings is 2. The minimum absolute atomic E-state index is 0.0196. The van der Waals surface area contributed by atoms with Gasteiger partial charge in [0.15, 0.2) is 9.84 Å². The first-order chi connectivity index (χ1) is 13.6. The average Bonchev–Trinajstić information content (AvgIpc) is 3.10. The van der Waals surface area contributed by atoms with Crippen LogP contribution in [-0.2, 0) is 22.1 Å². The van der Waals surface area contributed by atoms with Crippen LogP contribution in [-0.4, -0.2) is 42.7 Å². The van der Waals surface area contributed by atoms with Crippen molar-refractivity contribution in [1.82, 2.24) is 15.1 Å². The summed E-state index contributed by atoms with van der Waals surface area (Å²) < 4.78 is 28.2. The molecule has 3 rings (SSSR count). The highest BCUT2D eigenvalue weighted by Crippen LogP contribution is 2.21. The third kappa shape index (κ3) is 5.29. The highest BCUT2D eigenvalue weighted by atomic mass is 32.2. The summed E-state index contributed by atoms with van der Waals surface area (Å²) in [6.45, 7) is 4.56. The number of nitrogens with zero attached hydrogens (tertiary/aromatic N) is 3. The number of hydrogen-bond acceptors (Lipinski definition) is 6. The Hall–Kier alpha value is -3.00. The average molecular weight is 413 g/mol. The van der Waals surface area contributed by atoms with Gasteiger partial charge in [0.2, 0.25) is 11.8 Å². The normalized spacial score (nSPS) is 11.4. The molecule has 0 fully saturated rings. The zero-order chi connectivity index (χ0) is 21.2. The Morgan fingerprint density at radius 3 is 2.55 bits per heavy atom. The van der Waals surface area contributed by atoms with Crippen LogP contribution in [0.25, 0.3) is 11.5 Å². The van der Waals surface area contributed by atoms with Crippen LogP contribution in [0.15, 0.2) is 46.9 Å². The van der Waals surface area contributed by atoms with Crippen molar-refractivity contribution in [3.05, 3.63) is 70.6 Å². The third-order valence-corrected chi connectivity index (χ3v) is 5.23. The lowest BCUT2D eigenvalue weighted by atomic mass is 10.0. The standard InChI is InChI=1S/C21H23N3O4S/c1-14-8-9-18(15(2)10-14)12-24(3)21(25)17-7-5-6-16(11-17)20-23-22-19(28-20)13-29(4,26)27/h5-11H,12-13H2,1-4H3. The fraction of sp³-hybridized carbons (Fsp3) is 0.286. The van der Waals surface area contributed by atoms with Gasteiger partial charge in [-0.1, -0.05) is 29.8 Å². The summed E-state index contributed by atoms with van der Waals surface area (Å²) in [7, 11) is -1.52. The van der Waals surface area contributed by atoms with E-state index >= 15 is 0 Å². The molecule has 2 aromatic carbocycles. The van der Waals surface area contributed by atoms with Crippen molar-refractivity contribution in [1.29, 1.82) is 0 Å². The van der Waals surface area contributed by atoms with E-state index in [1.165, 1.54) is 5.56 Å². The fourth-order valence-electron chi connectivity index (χ4n) is 3.01. The van der Waals surface area contributed by atoms with Gasteiger partial charge in [0.05, 0.1) is 0 Å². The van der Waals surface area contributed by atoms with Gasteiger partial charge < -0.3 is 9.32 Å². The molecule has 152 valence electrons. The maximum absolute atomic E-state index is 12.9. The summed E-state index contributed by atoms with van der Waals surface area (Å²) in [5, 5.41) is 7.67. The van der Waals surface area contributed by atoms with Gasteiger partial charge in [-0.25, -0.2) is 8.42 Å². The predicted molar refractivity (Wildman–Crippen MR) is 110 cm³/mol. The first-order valence-corrected chi connectivity index (χ1v) is 11.1. The zero-order valence-corrected chi connectivity index (χ0v) is 17.7. The Bertz CT molecular complexity index is 1150. The lowest BCUT2D eigenvalue weighted by Gasteiger charge is -2.19. The molecule has 0 unspecified atom stereocenters. The Morgan fingerprint density at radius 2 is 1.86 bits per heavy atom. The maximum atomic E-state index is 12.9. The van der Waals surface area contributed by atoms with Crippen molar-refractivity contribution < 1.29 is 17.6 Å². The van der Waals surface area contributed by atoms with Crippen LogP contribution in [0.2, 0.25) is 0 Å². The summed E-state index contributed by atoms with van der Waals surface area (Å²) in [5.41, 5.74) is 4.45. The van der Waals surface area contributed by atoms with E-state index < -0.39 is 9.84 Å².